The summed E-state index contributed by atoms with van der Waals surface area (Å²) >= 11 is 2.12. The van der Waals surface area contributed by atoms with Crippen LogP contribution in [0, 0.1) is 0 Å². The summed E-state index contributed by atoms with van der Waals surface area (Å²) in [5.41, 5.74) is 0. The van der Waals surface area contributed by atoms with Crippen molar-refractivity contribution >= 4 is 34.5 Å². The van der Waals surface area contributed by atoms with Crippen LogP contribution in [0.1, 0.15) is 13.8 Å². The van der Waals surface area contributed by atoms with Crippen LogP contribution in [0.2, 0.25) is 0 Å². The molecule has 0 saturated heterocycles. The molecule has 0 fully saturated rings. The summed E-state index contributed by atoms with van der Waals surface area (Å²) in [4.78, 5) is 21.9. The van der Waals surface area contributed by atoms with Gasteiger partial charge in [0, 0.05) is 18.3 Å². The number of carbonyl (C=O) groups excluding carboxylic acids is 2. The predicted molar refractivity (Wildman–Crippen MR) is 64.0 cm³/mol. The van der Waals surface area contributed by atoms with Crippen molar-refractivity contribution < 1.29 is 23.8 Å². The van der Waals surface area contributed by atoms with Crippen molar-refractivity contribution in [3.63, 3.8) is 0 Å². The van der Waals surface area contributed by atoms with Crippen molar-refractivity contribution in [3.05, 3.63) is 12.3 Å². The molecule has 1 rings (SSSR count). The summed E-state index contributed by atoms with van der Waals surface area (Å²) in [7, 11) is 0. The third-order valence-electron chi connectivity index (χ3n) is 1.97. The smallest absolute Gasteiger partial charge is 0.303 e. The SMILES string of the molecule is CC(=O)O[C@H]1[C@H](OC(C)=O)C=CO[C@@H]1CI. The number of hydrogen-bond donors (Lipinski definition) is 0. The highest BCUT2D eigenvalue weighted by Gasteiger charge is 2.36. The molecule has 3 atom stereocenters. The Kier molecular flexibility index (Phi) is 5.04. The Hall–Kier alpha value is -0.790. The van der Waals surface area contributed by atoms with Crippen LogP contribution >= 0.6 is 22.6 Å². The van der Waals surface area contributed by atoms with E-state index < -0.39 is 24.1 Å². The van der Waals surface area contributed by atoms with Gasteiger partial charge >= 0.3 is 11.9 Å². The zero-order valence-corrected chi connectivity index (χ0v) is 11.2. The van der Waals surface area contributed by atoms with Crippen molar-refractivity contribution in [2.24, 2.45) is 0 Å². The third-order valence-corrected chi connectivity index (χ3v) is 2.84. The minimum Gasteiger partial charge on any atom is -0.493 e. The van der Waals surface area contributed by atoms with Crippen LogP contribution in [0.5, 0.6) is 0 Å². The molecule has 0 radical (unpaired) electrons. The Balaban J connectivity index is 2.77. The van der Waals surface area contributed by atoms with Crippen LogP contribution in [0.3, 0.4) is 0 Å². The molecule has 0 aromatic carbocycles. The van der Waals surface area contributed by atoms with Crippen LogP contribution in [0.4, 0.5) is 0 Å². The van der Waals surface area contributed by atoms with Crippen LogP contribution in [-0.2, 0) is 23.8 Å². The average Bonchev–Trinajstić information content (AvgIpc) is 2.19. The minimum absolute atomic E-state index is 0.293. The number of halogens is 1. The van der Waals surface area contributed by atoms with Gasteiger partial charge in [-0.2, -0.15) is 0 Å². The second-order valence-corrected chi connectivity index (χ2v) is 4.19. The first-order chi connectivity index (χ1) is 7.54. The fourth-order valence-corrected chi connectivity index (χ4v) is 2.09. The van der Waals surface area contributed by atoms with Gasteiger partial charge in [-0.15, -0.1) is 0 Å². The minimum atomic E-state index is -0.580. The Morgan fingerprint density at radius 1 is 1.31 bits per heavy atom. The van der Waals surface area contributed by atoms with Gasteiger partial charge in [0.05, 0.1) is 6.26 Å². The number of esters is 2. The van der Waals surface area contributed by atoms with Gasteiger partial charge in [-0.25, -0.2) is 0 Å². The molecule has 5 nitrogen and oxygen atoms in total. The lowest BCUT2D eigenvalue weighted by Crippen LogP contribution is -2.45. The zero-order chi connectivity index (χ0) is 12.1. The number of ether oxygens (including phenoxy) is 3. The molecule has 0 N–H and O–H groups in total. The Morgan fingerprint density at radius 2 is 1.94 bits per heavy atom. The van der Waals surface area contributed by atoms with E-state index in [1.54, 1.807) is 6.08 Å². The summed E-state index contributed by atoms with van der Waals surface area (Å²) in [5.74, 6) is -0.836. The molecule has 0 unspecified atom stereocenters. The molecule has 0 amide bonds. The van der Waals surface area contributed by atoms with Crippen molar-refractivity contribution in [1.29, 1.82) is 0 Å². The zero-order valence-electron chi connectivity index (χ0n) is 9.01. The molecule has 6 heteroatoms. The quantitative estimate of drug-likeness (QED) is 0.439. The monoisotopic (exact) mass is 340 g/mol. The molecule has 0 aliphatic carbocycles. The highest BCUT2D eigenvalue weighted by Crippen LogP contribution is 2.20. The lowest BCUT2D eigenvalue weighted by molar-refractivity contribution is -0.171. The summed E-state index contributed by atoms with van der Waals surface area (Å²) in [5, 5.41) is 0. The van der Waals surface area contributed by atoms with E-state index in [1.807, 2.05) is 0 Å². The largest absolute Gasteiger partial charge is 0.493 e. The second-order valence-electron chi connectivity index (χ2n) is 3.31. The Labute approximate surface area is 107 Å². The third kappa shape index (κ3) is 3.66. The lowest BCUT2D eigenvalue weighted by atomic mass is 10.1. The molecule has 1 aliphatic heterocycles. The van der Waals surface area contributed by atoms with Crippen molar-refractivity contribution in [2.75, 3.05) is 4.43 Å². The molecule has 0 bridgehead atoms. The number of carbonyl (C=O) groups is 2. The van der Waals surface area contributed by atoms with Gasteiger partial charge in [-0.05, 0) is 6.08 Å². The van der Waals surface area contributed by atoms with Crippen LogP contribution in [0.25, 0.3) is 0 Å². The summed E-state index contributed by atoms with van der Waals surface area (Å²) < 4.78 is 16.1. The molecule has 1 heterocycles. The first kappa shape index (κ1) is 13.3. The Morgan fingerprint density at radius 3 is 2.44 bits per heavy atom. The number of rotatable bonds is 3. The van der Waals surface area contributed by atoms with Crippen molar-refractivity contribution in [3.8, 4) is 0 Å². The molecule has 1 aliphatic rings. The maximum absolute atomic E-state index is 11.0. The van der Waals surface area contributed by atoms with E-state index in [2.05, 4.69) is 22.6 Å². The first-order valence-electron chi connectivity index (χ1n) is 4.77. The van der Waals surface area contributed by atoms with Gasteiger partial charge in [0.2, 0.25) is 0 Å². The molecular weight excluding hydrogens is 327 g/mol. The first-order valence-corrected chi connectivity index (χ1v) is 6.29. The molecular formula is C10H13IO5. The van der Waals surface area contributed by atoms with Crippen molar-refractivity contribution in [2.45, 2.75) is 32.2 Å². The van der Waals surface area contributed by atoms with Crippen LogP contribution in [-0.4, -0.2) is 34.7 Å². The molecule has 90 valence electrons. The van der Waals surface area contributed by atoms with Crippen molar-refractivity contribution in [1.82, 2.24) is 0 Å². The second kappa shape index (κ2) is 6.07. The van der Waals surface area contributed by atoms with Crippen LogP contribution < -0.4 is 0 Å². The van der Waals surface area contributed by atoms with E-state index in [0.29, 0.717) is 4.43 Å². The molecule has 0 aromatic heterocycles. The standard InChI is InChI=1S/C10H13IO5/c1-6(12)15-8-3-4-14-9(5-11)10(8)16-7(2)13/h3-4,8-10H,5H2,1-2H3/t8-,9-,10+/m1/s1. The molecule has 16 heavy (non-hydrogen) atoms. The lowest BCUT2D eigenvalue weighted by Gasteiger charge is -2.32. The van der Waals surface area contributed by atoms with Gasteiger partial charge in [-0.1, -0.05) is 22.6 Å². The van der Waals surface area contributed by atoms with E-state index in [-0.39, 0.29) is 6.10 Å². The van der Waals surface area contributed by atoms with E-state index in [0.717, 1.165) is 0 Å². The van der Waals surface area contributed by atoms with Crippen LogP contribution in [0.15, 0.2) is 12.3 Å². The van der Waals surface area contributed by atoms with E-state index in [4.69, 9.17) is 14.2 Å². The average molecular weight is 340 g/mol. The molecule has 0 saturated carbocycles. The fourth-order valence-electron chi connectivity index (χ4n) is 1.38. The summed E-state index contributed by atoms with van der Waals surface area (Å²) in [6.07, 6.45) is 1.59. The normalized spacial score (nSPS) is 28.1. The fraction of sp³-hybridized carbons (Fsp3) is 0.600. The van der Waals surface area contributed by atoms with E-state index >= 15 is 0 Å². The number of hydrogen-bond acceptors (Lipinski definition) is 5. The molecule has 0 spiro atoms. The number of alkyl halides is 1. The highest BCUT2D eigenvalue weighted by atomic mass is 127. The maximum Gasteiger partial charge on any atom is 0.303 e. The van der Waals surface area contributed by atoms with E-state index in [1.165, 1.54) is 20.1 Å². The van der Waals surface area contributed by atoms with Gasteiger partial charge in [0.25, 0.3) is 0 Å². The van der Waals surface area contributed by atoms with Gasteiger partial charge in [0.1, 0.15) is 6.10 Å². The highest BCUT2D eigenvalue weighted by molar-refractivity contribution is 14.1. The van der Waals surface area contributed by atoms with Gasteiger partial charge in [-0.3, -0.25) is 9.59 Å². The Bertz CT molecular complexity index is 302. The maximum atomic E-state index is 11.0. The van der Waals surface area contributed by atoms with Gasteiger partial charge < -0.3 is 14.2 Å². The van der Waals surface area contributed by atoms with E-state index in [9.17, 15) is 9.59 Å². The topological polar surface area (TPSA) is 61.8 Å². The predicted octanol–water partition coefficient (Wildman–Crippen LogP) is 1.20. The van der Waals surface area contributed by atoms with Gasteiger partial charge in [0.15, 0.2) is 12.2 Å². The summed E-state index contributed by atoms with van der Waals surface area (Å²) in [6.45, 7) is 2.63. The summed E-state index contributed by atoms with van der Waals surface area (Å²) in [6, 6.07) is 0. The molecule has 0 aromatic rings.